The lowest BCUT2D eigenvalue weighted by molar-refractivity contribution is -0.123. The van der Waals surface area contributed by atoms with Gasteiger partial charge in [0, 0.05) is 17.1 Å². The fraction of sp³-hybridized carbons (Fsp3) is 0.562. The van der Waals surface area contributed by atoms with Crippen LogP contribution in [0, 0.1) is 5.92 Å². The number of hydrogen-bond donors (Lipinski definition) is 4. The molecule has 0 spiro atoms. The molecule has 0 bridgehead atoms. The summed E-state index contributed by atoms with van der Waals surface area (Å²) in [4.78, 5) is 12.4. The van der Waals surface area contributed by atoms with Gasteiger partial charge in [-0.15, -0.1) is 12.4 Å². The SMILES string of the molecule is Cl.NCC1CCCC1NC(=O)C1CC(c2ccccc2Cl)NN1. The Hall–Kier alpha value is -0.850. The lowest BCUT2D eigenvalue weighted by atomic mass is 10.0. The molecular weight excluding hydrogens is 335 g/mol. The predicted octanol–water partition coefficient (Wildman–Crippen LogP) is 1.91. The maximum Gasteiger partial charge on any atom is 0.238 e. The molecule has 1 heterocycles. The van der Waals surface area contributed by atoms with E-state index < -0.39 is 0 Å². The molecule has 128 valence electrons. The number of rotatable bonds is 4. The van der Waals surface area contributed by atoms with Crippen molar-refractivity contribution in [1.29, 1.82) is 0 Å². The molecule has 1 saturated heterocycles. The number of nitrogens with two attached hydrogens (primary N) is 1. The van der Waals surface area contributed by atoms with Crippen LogP contribution in [-0.4, -0.2) is 24.5 Å². The smallest absolute Gasteiger partial charge is 0.238 e. The van der Waals surface area contributed by atoms with E-state index >= 15 is 0 Å². The second-order valence-corrected chi connectivity index (χ2v) is 6.60. The third kappa shape index (κ3) is 4.17. The van der Waals surface area contributed by atoms with Gasteiger partial charge in [0.2, 0.25) is 5.91 Å². The Morgan fingerprint density at radius 1 is 1.30 bits per heavy atom. The lowest BCUT2D eigenvalue weighted by Crippen LogP contribution is -2.48. The van der Waals surface area contributed by atoms with Crippen molar-refractivity contribution in [3.63, 3.8) is 0 Å². The molecule has 5 nitrogen and oxygen atoms in total. The Kier molecular flexibility index (Phi) is 6.68. The Morgan fingerprint density at radius 3 is 2.83 bits per heavy atom. The van der Waals surface area contributed by atoms with Crippen LogP contribution in [0.3, 0.4) is 0 Å². The highest BCUT2D eigenvalue weighted by Crippen LogP contribution is 2.29. The molecule has 23 heavy (non-hydrogen) atoms. The second kappa shape index (κ2) is 8.31. The fourth-order valence-corrected chi connectivity index (χ4v) is 3.75. The summed E-state index contributed by atoms with van der Waals surface area (Å²) in [6.45, 7) is 0.642. The average Bonchev–Trinajstić information content (AvgIpc) is 3.16. The molecule has 1 aromatic carbocycles. The number of carbonyl (C=O) groups excluding carboxylic acids is 1. The van der Waals surface area contributed by atoms with E-state index in [2.05, 4.69) is 16.2 Å². The van der Waals surface area contributed by atoms with E-state index in [4.69, 9.17) is 17.3 Å². The molecule has 1 aromatic rings. The van der Waals surface area contributed by atoms with Crippen LogP contribution in [-0.2, 0) is 4.79 Å². The van der Waals surface area contributed by atoms with E-state index in [1.165, 1.54) is 0 Å². The number of hydrogen-bond acceptors (Lipinski definition) is 4. The van der Waals surface area contributed by atoms with Gasteiger partial charge in [0.25, 0.3) is 0 Å². The van der Waals surface area contributed by atoms with Gasteiger partial charge < -0.3 is 11.1 Å². The minimum Gasteiger partial charge on any atom is -0.352 e. The third-order valence-electron chi connectivity index (χ3n) is 4.79. The van der Waals surface area contributed by atoms with Crippen LogP contribution in [0.15, 0.2) is 24.3 Å². The maximum absolute atomic E-state index is 12.4. The minimum atomic E-state index is -0.236. The molecule has 1 saturated carbocycles. The zero-order chi connectivity index (χ0) is 15.5. The van der Waals surface area contributed by atoms with Crippen LogP contribution >= 0.6 is 24.0 Å². The molecular formula is C16H24Cl2N4O. The Labute approximate surface area is 148 Å². The van der Waals surface area contributed by atoms with Gasteiger partial charge in [-0.05, 0) is 43.4 Å². The first-order valence-corrected chi connectivity index (χ1v) is 8.32. The molecule has 0 aromatic heterocycles. The van der Waals surface area contributed by atoms with Crippen LogP contribution in [0.2, 0.25) is 5.02 Å². The number of carbonyl (C=O) groups is 1. The van der Waals surface area contributed by atoms with Crippen molar-refractivity contribution in [2.45, 2.75) is 43.8 Å². The maximum atomic E-state index is 12.4. The summed E-state index contributed by atoms with van der Waals surface area (Å²) in [6.07, 6.45) is 3.97. The normalized spacial score (nSPS) is 30.0. The fourth-order valence-electron chi connectivity index (χ4n) is 3.48. The molecule has 0 radical (unpaired) electrons. The van der Waals surface area contributed by atoms with Gasteiger partial charge in [-0.3, -0.25) is 4.79 Å². The van der Waals surface area contributed by atoms with E-state index in [9.17, 15) is 4.79 Å². The molecule has 7 heteroatoms. The zero-order valence-electron chi connectivity index (χ0n) is 12.9. The Morgan fingerprint density at radius 2 is 2.09 bits per heavy atom. The van der Waals surface area contributed by atoms with Crippen LogP contribution in [0.4, 0.5) is 0 Å². The van der Waals surface area contributed by atoms with Gasteiger partial charge in [-0.1, -0.05) is 36.2 Å². The van der Waals surface area contributed by atoms with Crippen molar-refractivity contribution in [2.24, 2.45) is 11.7 Å². The van der Waals surface area contributed by atoms with Gasteiger partial charge in [-0.25, -0.2) is 10.9 Å². The molecule has 2 aliphatic rings. The van der Waals surface area contributed by atoms with E-state index in [0.29, 0.717) is 18.9 Å². The number of hydrazine groups is 1. The van der Waals surface area contributed by atoms with Crippen molar-refractivity contribution in [1.82, 2.24) is 16.2 Å². The number of benzene rings is 1. The Balaban J connectivity index is 0.00000192. The molecule has 1 aliphatic carbocycles. The van der Waals surface area contributed by atoms with Crippen LogP contribution in [0.25, 0.3) is 0 Å². The van der Waals surface area contributed by atoms with Gasteiger partial charge >= 0.3 is 0 Å². The highest BCUT2D eigenvalue weighted by atomic mass is 35.5. The molecule has 3 rings (SSSR count). The zero-order valence-corrected chi connectivity index (χ0v) is 14.5. The summed E-state index contributed by atoms with van der Waals surface area (Å²) in [7, 11) is 0. The van der Waals surface area contributed by atoms with E-state index in [-0.39, 0.29) is 36.4 Å². The number of halogens is 2. The van der Waals surface area contributed by atoms with E-state index in [1.807, 2.05) is 24.3 Å². The monoisotopic (exact) mass is 358 g/mol. The minimum absolute atomic E-state index is 0. The highest BCUT2D eigenvalue weighted by molar-refractivity contribution is 6.31. The van der Waals surface area contributed by atoms with Crippen molar-refractivity contribution < 1.29 is 4.79 Å². The molecule has 4 atom stereocenters. The predicted molar refractivity (Wildman–Crippen MR) is 94.4 cm³/mol. The summed E-state index contributed by atoms with van der Waals surface area (Å²) >= 11 is 6.22. The summed E-state index contributed by atoms with van der Waals surface area (Å²) in [6, 6.07) is 7.77. The summed E-state index contributed by atoms with van der Waals surface area (Å²) in [5.41, 5.74) is 13.1. The molecule has 4 unspecified atom stereocenters. The molecule has 1 amide bonds. The average molecular weight is 359 g/mol. The summed E-state index contributed by atoms with van der Waals surface area (Å²) in [5.74, 6) is 0.463. The van der Waals surface area contributed by atoms with Gasteiger partial charge in [0.1, 0.15) is 6.04 Å². The molecule has 5 N–H and O–H groups in total. The van der Waals surface area contributed by atoms with Crippen molar-refractivity contribution in [3.05, 3.63) is 34.9 Å². The van der Waals surface area contributed by atoms with Crippen LogP contribution < -0.4 is 21.9 Å². The van der Waals surface area contributed by atoms with Crippen LogP contribution in [0.1, 0.15) is 37.3 Å². The van der Waals surface area contributed by atoms with E-state index in [1.54, 1.807) is 0 Å². The van der Waals surface area contributed by atoms with Gasteiger partial charge in [0.05, 0.1) is 0 Å². The van der Waals surface area contributed by atoms with Gasteiger partial charge in [0.15, 0.2) is 0 Å². The molecule has 1 aliphatic heterocycles. The summed E-state index contributed by atoms with van der Waals surface area (Å²) in [5, 5.41) is 3.88. The third-order valence-corrected chi connectivity index (χ3v) is 5.13. The largest absolute Gasteiger partial charge is 0.352 e. The highest BCUT2D eigenvalue weighted by Gasteiger charge is 2.34. The van der Waals surface area contributed by atoms with Crippen molar-refractivity contribution in [2.75, 3.05) is 6.54 Å². The second-order valence-electron chi connectivity index (χ2n) is 6.19. The van der Waals surface area contributed by atoms with E-state index in [0.717, 1.165) is 29.8 Å². The standard InChI is InChI=1S/C16H23ClN4O.ClH/c17-12-6-2-1-5-11(12)14-8-15(21-20-14)16(22)19-13-7-3-4-10(13)9-18;/h1-2,5-6,10,13-15,20-21H,3-4,7-9,18H2,(H,19,22);1H. The number of nitrogens with one attached hydrogen (secondary N) is 3. The number of amides is 1. The van der Waals surface area contributed by atoms with Crippen molar-refractivity contribution >= 4 is 29.9 Å². The first-order valence-electron chi connectivity index (χ1n) is 7.95. The van der Waals surface area contributed by atoms with Crippen LogP contribution in [0.5, 0.6) is 0 Å². The quantitative estimate of drug-likeness (QED) is 0.662. The lowest BCUT2D eigenvalue weighted by Gasteiger charge is -2.21. The topological polar surface area (TPSA) is 79.2 Å². The molecule has 2 fully saturated rings. The van der Waals surface area contributed by atoms with Gasteiger partial charge in [-0.2, -0.15) is 0 Å². The first-order chi connectivity index (χ1) is 10.7. The van der Waals surface area contributed by atoms with Crippen molar-refractivity contribution in [3.8, 4) is 0 Å². The Bertz CT molecular complexity index is 543. The summed E-state index contributed by atoms with van der Waals surface area (Å²) < 4.78 is 0. The first kappa shape index (κ1) is 18.5.